The van der Waals surface area contributed by atoms with Crippen molar-refractivity contribution in [3.05, 3.63) is 21.4 Å². The van der Waals surface area contributed by atoms with Crippen LogP contribution in [0.1, 0.15) is 66.1 Å². The zero-order valence-corrected chi connectivity index (χ0v) is 19.5. The largest absolute Gasteiger partial charge is 0.340 e. The number of aryl methyl sites for hydroxylation is 1. The Morgan fingerprint density at radius 1 is 1.00 bits per heavy atom. The molecular formula is C24H37N3O2S. The van der Waals surface area contributed by atoms with Crippen LogP contribution in [0.5, 0.6) is 0 Å². The predicted octanol–water partition coefficient (Wildman–Crippen LogP) is 3.67. The molecule has 0 bridgehead atoms. The van der Waals surface area contributed by atoms with E-state index in [-0.39, 0.29) is 11.8 Å². The molecule has 4 rings (SSSR count). The number of thiophene rings is 1. The lowest BCUT2D eigenvalue weighted by Gasteiger charge is -2.37. The second-order valence-corrected chi connectivity index (χ2v) is 10.9. The zero-order chi connectivity index (χ0) is 21.1. The summed E-state index contributed by atoms with van der Waals surface area (Å²) in [6.07, 6.45) is 7.40. The van der Waals surface area contributed by atoms with Gasteiger partial charge in [0.15, 0.2) is 0 Å². The summed E-state index contributed by atoms with van der Waals surface area (Å²) < 4.78 is 0. The van der Waals surface area contributed by atoms with Gasteiger partial charge in [-0.2, -0.15) is 0 Å². The van der Waals surface area contributed by atoms with Crippen molar-refractivity contribution >= 4 is 23.2 Å². The lowest BCUT2D eigenvalue weighted by atomic mass is 9.87. The van der Waals surface area contributed by atoms with E-state index in [4.69, 9.17) is 0 Å². The number of piperazine rings is 1. The van der Waals surface area contributed by atoms with Gasteiger partial charge in [0.25, 0.3) is 5.91 Å². The molecule has 0 saturated carbocycles. The molecule has 0 unspecified atom stereocenters. The van der Waals surface area contributed by atoms with Crippen LogP contribution in [0.15, 0.2) is 6.07 Å². The van der Waals surface area contributed by atoms with Crippen molar-refractivity contribution < 1.29 is 9.59 Å². The standard InChI is InChI=1S/C24H37N3O2S/c1-18(2)17-25-11-13-27(14-12-25)23(28)19-7-8-21-20(15-19)16-22(30-21)24(29)26-9-5-3-4-6-10-26/h16,18-19H,3-15,17H2,1-2H3/t19-/m0/s1. The van der Waals surface area contributed by atoms with E-state index in [0.717, 1.165) is 82.8 Å². The second kappa shape index (κ2) is 9.82. The van der Waals surface area contributed by atoms with Gasteiger partial charge in [0.2, 0.25) is 5.91 Å². The first kappa shape index (κ1) is 21.8. The third-order valence-electron chi connectivity index (χ3n) is 6.84. The summed E-state index contributed by atoms with van der Waals surface area (Å²) in [4.78, 5) is 35.0. The Kier molecular flexibility index (Phi) is 7.14. The highest BCUT2D eigenvalue weighted by molar-refractivity contribution is 7.14. The molecule has 0 aromatic carbocycles. The molecule has 2 aliphatic heterocycles. The topological polar surface area (TPSA) is 43.9 Å². The van der Waals surface area contributed by atoms with Crippen molar-refractivity contribution in [2.45, 2.75) is 58.8 Å². The molecule has 0 N–H and O–H groups in total. The van der Waals surface area contributed by atoms with Gasteiger partial charge in [-0.25, -0.2) is 0 Å². The first-order valence-corrected chi connectivity index (χ1v) is 12.7. The number of hydrogen-bond acceptors (Lipinski definition) is 4. The summed E-state index contributed by atoms with van der Waals surface area (Å²) in [7, 11) is 0. The van der Waals surface area contributed by atoms with Gasteiger partial charge < -0.3 is 9.80 Å². The van der Waals surface area contributed by atoms with Crippen LogP contribution in [-0.2, 0) is 17.6 Å². The first-order chi connectivity index (χ1) is 14.5. The number of amides is 2. The quantitative estimate of drug-likeness (QED) is 0.731. The monoisotopic (exact) mass is 431 g/mol. The van der Waals surface area contributed by atoms with Crippen molar-refractivity contribution in [1.29, 1.82) is 0 Å². The number of nitrogens with zero attached hydrogens (tertiary/aromatic N) is 3. The summed E-state index contributed by atoms with van der Waals surface area (Å²) in [6.45, 7) is 11.1. The van der Waals surface area contributed by atoms with Crippen molar-refractivity contribution in [2.24, 2.45) is 11.8 Å². The van der Waals surface area contributed by atoms with Gasteiger partial charge in [-0.15, -0.1) is 11.3 Å². The molecule has 1 atom stereocenters. The molecule has 30 heavy (non-hydrogen) atoms. The minimum absolute atomic E-state index is 0.0879. The SMILES string of the molecule is CC(C)CN1CCN(C(=O)[C@H]2CCc3sc(C(=O)N4CCCCCC4)cc3C2)CC1. The Morgan fingerprint density at radius 3 is 2.37 bits per heavy atom. The average Bonchev–Trinajstić information content (AvgIpc) is 2.97. The molecule has 6 heteroatoms. The number of hydrogen-bond donors (Lipinski definition) is 0. The van der Waals surface area contributed by atoms with Crippen molar-refractivity contribution in [2.75, 3.05) is 45.8 Å². The van der Waals surface area contributed by atoms with Crippen molar-refractivity contribution in [3.63, 3.8) is 0 Å². The maximum Gasteiger partial charge on any atom is 0.263 e. The van der Waals surface area contributed by atoms with Gasteiger partial charge in [0.1, 0.15) is 0 Å². The Labute approximate surface area is 185 Å². The number of carbonyl (C=O) groups is 2. The first-order valence-electron chi connectivity index (χ1n) is 11.9. The summed E-state index contributed by atoms with van der Waals surface area (Å²) in [6, 6.07) is 2.10. The highest BCUT2D eigenvalue weighted by Gasteiger charge is 2.32. The Morgan fingerprint density at radius 2 is 1.70 bits per heavy atom. The van der Waals surface area contributed by atoms with Crippen LogP contribution in [0, 0.1) is 11.8 Å². The van der Waals surface area contributed by atoms with Crippen LogP contribution >= 0.6 is 11.3 Å². The molecule has 2 saturated heterocycles. The third kappa shape index (κ3) is 5.08. The van der Waals surface area contributed by atoms with E-state index in [0.29, 0.717) is 11.8 Å². The van der Waals surface area contributed by atoms with E-state index in [2.05, 4.69) is 29.7 Å². The second-order valence-electron chi connectivity index (χ2n) is 9.72. The molecular weight excluding hydrogens is 394 g/mol. The Hall–Kier alpha value is -1.40. The van der Waals surface area contributed by atoms with Crippen molar-refractivity contribution in [1.82, 2.24) is 14.7 Å². The maximum atomic E-state index is 13.2. The van der Waals surface area contributed by atoms with Crippen LogP contribution in [0.25, 0.3) is 0 Å². The van der Waals surface area contributed by atoms with E-state index in [9.17, 15) is 9.59 Å². The highest BCUT2D eigenvalue weighted by Crippen LogP contribution is 2.34. The maximum absolute atomic E-state index is 13.2. The van der Waals surface area contributed by atoms with E-state index in [1.54, 1.807) is 11.3 Å². The Bertz CT molecular complexity index is 744. The van der Waals surface area contributed by atoms with Gasteiger partial charge in [-0.3, -0.25) is 14.5 Å². The van der Waals surface area contributed by atoms with Gasteiger partial charge in [0.05, 0.1) is 4.88 Å². The zero-order valence-electron chi connectivity index (χ0n) is 18.7. The number of likely N-dealkylation sites (tertiary alicyclic amines) is 1. The average molecular weight is 432 g/mol. The minimum atomic E-state index is 0.0879. The summed E-state index contributed by atoms with van der Waals surface area (Å²) in [5, 5.41) is 0. The van der Waals surface area contributed by atoms with Gasteiger partial charge in [-0.05, 0) is 49.7 Å². The van der Waals surface area contributed by atoms with Crippen LogP contribution in [0.2, 0.25) is 0 Å². The van der Waals surface area contributed by atoms with Gasteiger partial charge in [-0.1, -0.05) is 26.7 Å². The smallest absolute Gasteiger partial charge is 0.263 e. The van der Waals surface area contributed by atoms with Crippen LogP contribution in [0.4, 0.5) is 0 Å². The molecule has 1 aliphatic carbocycles. The fourth-order valence-corrected chi connectivity index (χ4v) is 6.37. The predicted molar refractivity (Wildman–Crippen MR) is 122 cm³/mol. The van der Waals surface area contributed by atoms with E-state index >= 15 is 0 Å². The van der Waals surface area contributed by atoms with Gasteiger partial charge >= 0.3 is 0 Å². The van der Waals surface area contributed by atoms with Crippen LogP contribution in [0.3, 0.4) is 0 Å². The molecule has 3 aliphatic rings. The lowest BCUT2D eigenvalue weighted by Crippen LogP contribution is -2.51. The number of fused-ring (bicyclic) bond motifs is 1. The van der Waals surface area contributed by atoms with Gasteiger partial charge in [0, 0.05) is 56.6 Å². The molecule has 0 spiro atoms. The summed E-state index contributed by atoms with van der Waals surface area (Å²) in [5.41, 5.74) is 1.25. The summed E-state index contributed by atoms with van der Waals surface area (Å²) >= 11 is 1.68. The van der Waals surface area contributed by atoms with Crippen LogP contribution < -0.4 is 0 Å². The van der Waals surface area contributed by atoms with E-state index in [1.807, 2.05) is 4.90 Å². The van der Waals surface area contributed by atoms with E-state index in [1.165, 1.54) is 23.3 Å². The van der Waals surface area contributed by atoms with Crippen molar-refractivity contribution in [3.8, 4) is 0 Å². The molecule has 1 aromatic rings. The normalized spacial score (nSPS) is 23.4. The van der Waals surface area contributed by atoms with Crippen LogP contribution in [-0.4, -0.2) is 72.3 Å². The highest BCUT2D eigenvalue weighted by atomic mass is 32.1. The minimum Gasteiger partial charge on any atom is -0.340 e. The lowest BCUT2D eigenvalue weighted by molar-refractivity contribution is -0.137. The Balaban J connectivity index is 1.34. The molecule has 1 aromatic heterocycles. The summed E-state index contributed by atoms with van der Waals surface area (Å²) in [5.74, 6) is 1.30. The molecule has 3 heterocycles. The molecule has 166 valence electrons. The molecule has 5 nitrogen and oxygen atoms in total. The number of carbonyl (C=O) groups excluding carboxylic acids is 2. The fraction of sp³-hybridized carbons (Fsp3) is 0.750. The van der Waals surface area contributed by atoms with E-state index < -0.39 is 0 Å². The molecule has 2 fully saturated rings. The fourth-order valence-electron chi connectivity index (χ4n) is 5.19. The molecule has 0 radical (unpaired) electrons. The number of rotatable bonds is 4. The molecule has 2 amide bonds. The third-order valence-corrected chi connectivity index (χ3v) is 8.07.